The van der Waals surface area contributed by atoms with Crippen LogP contribution in [0, 0.1) is 5.82 Å². The van der Waals surface area contributed by atoms with Gasteiger partial charge in [0, 0.05) is 6.04 Å². The molecule has 4 N–H and O–H groups in total. The summed E-state index contributed by atoms with van der Waals surface area (Å²) in [4.78, 5) is 0. The van der Waals surface area contributed by atoms with E-state index in [1.807, 2.05) is 0 Å². The van der Waals surface area contributed by atoms with Gasteiger partial charge in [-0.3, -0.25) is 0 Å². The van der Waals surface area contributed by atoms with E-state index in [1.54, 1.807) is 0 Å². The molecule has 90 valence electrons. The number of halogens is 4. The van der Waals surface area contributed by atoms with Crippen LogP contribution in [0.5, 0.6) is 0 Å². The minimum atomic E-state index is -4.71. The van der Waals surface area contributed by atoms with Crippen molar-refractivity contribution in [3.8, 4) is 0 Å². The third-order valence-corrected chi connectivity index (χ3v) is 2.20. The highest BCUT2D eigenvalue weighted by Crippen LogP contribution is 2.32. The lowest BCUT2D eigenvalue weighted by Crippen LogP contribution is -2.17. The topological polar surface area (TPSA) is 52.0 Å². The van der Waals surface area contributed by atoms with E-state index in [4.69, 9.17) is 11.5 Å². The van der Waals surface area contributed by atoms with E-state index in [1.165, 1.54) is 6.07 Å². The summed E-state index contributed by atoms with van der Waals surface area (Å²) in [5, 5.41) is 0. The summed E-state index contributed by atoms with van der Waals surface area (Å²) in [6.07, 6.45) is -4.36. The highest BCUT2D eigenvalue weighted by Gasteiger charge is 2.34. The van der Waals surface area contributed by atoms with Crippen molar-refractivity contribution in [1.82, 2.24) is 0 Å². The Morgan fingerprint density at radius 3 is 2.38 bits per heavy atom. The van der Waals surface area contributed by atoms with Crippen LogP contribution < -0.4 is 11.5 Å². The van der Waals surface area contributed by atoms with Gasteiger partial charge in [0.2, 0.25) is 0 Å². The molecule has 0 amide bonds. The third-order valence-electron chi connectivity index (χ3n) is 2.20. The summed E-state index contributed by atoms with van der Waals surface area (Å²) in [5.74, 6) is -1.30. The van der Waals surface area contributed by atoms with Crippen LogP contribution in [0.2, 0.25) is 0 Å². The number of alkyl halides is 3. The maximum atomic E-state index is 12.9. The van der Waals surface area contributed by atoms with Gasteiger partial charge in [-0.05, 0) is 30.7 Å². The Morgan fingerprint density at radius 2 is 1.88 bits per heavy atom. The number of benzene rings is 1. The first-order valence-electron chi connectivity index (χ1n) is 4.68. The fourth-order valence-electron chi connectivity index (χ4n) is 1.34. The lowest BCUT2D eigenvalue weighted by molar-refractivity contribution is -0.140. The standard InChI is InChI=1S/C10H12F4N2/c11-8-2-1-6(9(16)3-4-15)5-7(8)10(12,13)14/h1-2,5,9H,3-4,15-16H2/t9-/m1/s1. The second kappa shape index (κ2) is 4.80. The molecule has 2 nitrogen and oxygen atoms in total. The van der Waals surface area contributed by atoms with Crippen molar-refractivity contribution in [2.45, 2.75) is 18.6 Å². The Labute approximate surface area is 90.2 Å². The largest absolute Gasteiger partial charge is 0.419 e. The Bertz CT molecular complexity index is 362. The van der Waals surface area contributed by atoms with E-state index in [2.05, 4.69) is 0 Å². The summed E-state index contributed by atoms with van der Waals surface area (Å²) in [5.41, 5.74) is 9.78. The van der Waals surface area contributed by atoms with E-state index in [-0.39, 0.29) is 12.1 Å². The second-order valence-electron chi connectivity index (χ2n) is 3.42. The first-order chi connectivity index (χ1) is 7.36. The summed E-state index contributed by atoms with van der Waals surface area (Å²) >= 11 is 0. The fourth-order valence-corrected chi connectivity index (χ4v) is 1.34. The highest BCUT2D eigenvalue weighted by atomic mass is 19.4. The van der Waals surface area contributed by atoms with Gasteiger partial charge in [-0.1, -0.05) is 6.07 Å². The summed E-state index contributed by atoms with van der Waals surface area (Å²) in [6, 6.07) is 2.14. The van der Waals surface area contributed by atoms with Crippen molar-refractivity contribution in [1.29, 1.82) is 0 Å². The number of hydrogen-bond acceptors (Lipinski definition) is 2. The van der Waals surface area contributed by atoms with Crippen LogP contribution in [-0.4, -0.2) is 6.54 Å². The smallest absolute Gasteiger partial charge is 0.330 e. The van der Waals surface area contributed by atoms with Crippen molar-refractivity contribution < 1.29 is 17.6 Å². The zero-order chi connectivity index (χ0) is 12.3. The van der Waals surface area contributed by atoms with E-state index in [9.17, 15) is 17.6 Å². The van der Waals surface area contributed by atoms with E-state index < -0.39 is 23.6 Å². The van der Waals surface area contributed by atoms with Gasteiger partial charge in [0.25, 0.3) is 0 Å². The number of hydrogen-bond donors (Lipinski definition) is 2. The SMILES string of the molecule is NCC[C@@H](N)c1ccc(F)c(C(F)(F)F)c1. The molecule has 0 aliphatic carbocycles. The molecule has 0 unspecified atom stereocenters. The third kappa shape index (κ3) is 2.93. The van der Waals surface area contributed by atoms with E-state index in [0.717, 1.165) is 12.1 Å². The average molecular weight is 236 g/mol. The van der Waals surface area contributed by atoms with Gasteiger partial charge < -0.3 is 11.5 Å². The second-order valence-corrected chi connectivity index (χ2v) is 3.42. The Kier molecular flexibility index (Phi) is 3.88. The molecule has 0 saturated heterocycles. The molecule has 0 fully saturated rings. The summed E-state index contributed by atoms with van der Waals surface area (Å²) in [6.45, 7) is 0.264. The molecule has 6 heteroatoms. The lowest BCUT2D eigenvalue weighted by Gasteiger charge is -2.14. The molecule has 1 aromatic carbocycles. The molecular weight excluding hydrogens is 224 g/mol. The summed E-state index contributed by atoms with van der Waals surface area (Å²) in [7, 11) is 0. The van der Waals surface area contributed by atoms with Crippen molar-refractivity contribution in [3.05, 3.63) is 35.1 Å². The molecule has 0 aliphatic heterocycles. The van der Waals surface area contributed by atoms with Crippen molar-refractivity contribution in [3.63, 3.8) is 0 Å². The molecule has 0 heterocycles. The molecule has 0 bridgehead atoms. The van der Waals surface area contributed by atoms with Crippen LogP contribution in [0.15, 0.2) is 18.2 Å². The van der Waals surface area contributed by atoms with Crippen LogP contribution >= 0.6 is 0 Å². The molecule has 1 aromatic rings. The van der Waals surface area contributed by atoms with Crippen molar-refractivity contribution in [2.24, 2.45) is 11.5 Å². The van der Waals surface area contributed by atoms with Crippen LogP contribution in [0.4, 0.5) is 17.6 Å². The van der Waals surface area contributed by atoms with Crippen LogP contribution in [0.1, 0.15) is 23.6 Å². The predicted octanol–water partition coefficient (Wildman–Crippen LogP) is 2.19. The summed E-state index contributed by atoms with van der Waals surface area (Å²) < 4.78 is 50.0. The van der Waals surface area contributed by atoms with Gasteiger partial charge in [-0.2, -0.15) is 13.2 Å². The van der Waals surface area contributed by atoms with Gasteiger partial charge in [-0.15, -0.1) is 0 Å². The number of nitrogens with two attached hydrogens (primary N) is 2. The zero-order valence-electron chi connectivity index (χ0n) is 8.39. The fraction of sp³-hybridized carbons (Fsp3) is 0.400. The first-order valence-corrected chi connectivity index (χ1v) is 4.68. The molecule has 0 spiro atoms. The predicted molar refractivity (Wildman–Crippen MR) is 52.0 cm³/mol. The minimum Gasteiger partial charge on any atom is -0.330 e. The molecule has 0 radical (unpaired) electrons. The number of rotatable bonds is 3. The Hall–Kier alpha value is -1.14. The molecule has 0 aromatic heterocycles. The quantitative estimate of drug-likeness (QED) is 0.790. The molecule has 0 saturated carbocycles. The lowest BCUT2D eigenvalue weighted by atomic mass is 10.0. The van der Waals surface area contributed by atoms with Gasteiger partial charge >= 0.3 is 6.18 Å². The van der Waals surface area contributed by atoms with Crippen molar-refractivity contribution >= 4 is 0 Å². The zero-order valence-corrected chi connectivity index (χ0v) is 8.39. The molecule has 0 aliphatic rings. The van der Waals surface area contributed by atoms with E-state index in [0.29, 0.717) is 6.42 Å². The highest BCUT2D eigenvalue weighted by molar-refractivity contribution is 5.29. The maximum absolute atomic E-state index is 12.9. The molecule has 16 heavy (non-hydrogen) atoms. The van der Waals surface area contributed by atoms with Gasteiger partial charge in [-0.25, -0.2) is 4.39 Å². The monoisotopic (exact) mass is 236 g/mol. The average Bonchev–Trinajstić information content (AvgIpc) is 2.16. The first kappa shape index (κ1) is 12.9. The molecular formula is C10H12F4N2. The molecule has 1 atom stereocenters. The maximum Gasteiger partial charge on any atom is 0.419 e. The normalized spacial score (nSPS) is 13.9. The van der Waals surface area contributed by atoms with Crippen LogP contribution in [0.3, 0.4) is 0 Å². The molecule has 1 rings (SSSR count). The van der Waals surface area contributed by atoms with Crippen LogP contribution in [-0.2, 0) is 6.18 Å². The van der Waals surface area contributed by atoms with Gasteiger partial charge in [0.15, 0.2) is 0 Å². The Morgan fingerprint density at radius 1 is 1.25 bits per heavy atom. The van der Waals surface area contributed by atoms with Crippen molar-refractivity contribution in [2.75, 3.05) is 6.54 Å². The Balaban J connectivity index is 3.07. The van der Waals surface area contributed by atoms with Crippen LogP contribution in [0.25, 0.3) is 0 Å². The van der Waals surface area contributed by atoms with Gasteiger partial charge in [0.1, 0.15) is 5.82 Å². The van der Waals surface area contributed by atoms with Gasteiger partial charge in [0.05, 0.1) is 5.56 Å². The van der Waals surface area contributed by atoms with E-state index >= 15 is 0 Å². The minimum absolute atomic E-state index is 0.235.